The first-order valence-electron chi connectivity index (χ1n) is 7.01. The summed E-state index contributed by atoms with van der Waals surface area (Å²) < 4.78 is 39.7. The molecule has 1 atom stereocenters. The highest BCUT2D eigenvalue weighted by Crippen LogP contribution is 2.31. The molecule has 0 aliphatic carbocycles. The fourth-order valence-corrected chi connectivity index (χ4v) is 2.69. The average molecular weight is 325 g/mol. The highest BCUT2D eigenvalue weighted by atomic mass is 19.4. The van der Waals surface area contributed by atoms with Gasteiger partial charge in [0.25, 0.3) is 0 Å². The van der Waals surface area contributed by atoms with E-state index in [1.807, 2.05) is 13.0 Å². The minimum absolute atomic E-state index is 0.0112. The normalized spacial score (nSPS) is 13.1. The van der Waals surface area contributed by atoms with Crippen LogP contribution < -0.4 is 11.5 Å². The van der Waals surface area contributed by atoms with E-state index >= 15 is 0 Å². The summed E-state index contributed by atoms with van der Waals surface area (Å²) in [6.45, 7) is 3.63. The van der Waals surface area contributed by atoms with Crippen molar-refractivity contribution in [1.29, 1.82) is 0 Å². The Morgan fingerprint density at radius 3 is 2.26 bits per heavy atom. The van der Waals surface area contributed by atoms with Crippen molar-refractivity contribution >= 4 is 5.91 Å². The second-order valence-corrected chi connectivity index (χ2v) is 5.48. The Kier molecular flexibility index (Phi) is 4.51. The van der Waals surface area contributed by atoms with Gasteiger partial charge in [-0.1, -0.05) is 0 Å². The molecule has 0 saturated carbocycles. The van der Waals surface area contributed by atoms with Crippen molar-refractivity contribution in [2.24, 2.45) is 11.5 Å². The zero-order valence-corrected chi connectivity index (χ0v) is 12.8. The third-order valence-electron chi connectivity index (χ3n) is 3.74. The van der Waals surface area contributed by atoms with Crippen LogP contribution in [0.4, 0.5) is 13.2 Å². The maximum atomic E-state index is 12.6. The van der Waals surface area contributed by atoms with Gasteiger partial charge in [0.05, 0.1) is 5.56 Å². The van der Waals surface area contributed by atoms with Gasteiger partial charge in [0.2, 0.25) is 5.91 Å². The fourth-order valence-electron chi connectivity index (χ4n) is 2.69. The number of nitrogens with zero attached hydrogens (tertiary/aromatic N) is 1. The van der Waals surface area contributed by atoms with E-state index in [0.717, 1.165) is 29.1 Å². The lowest BCUT2D eigenvalue weighted by atomic mass is 10.1. The number of rotatable bonds is 4. The van der Waals surface area contributed by atoms with E-state index in [-0.39, 0.29) is 6.42 Å². The van der Waals surface area contributed by atoms with Gasteiger partial charge in [0, 0.05) is 29.5 Å². The quantitative estimate of drug-likeness (QED) is 0.907. The Bertz CT molecular complexity index is 717. The predicted molar refractivity (Wildman–Crippen MR) is 81.0 cm³/mol. The number of amides is 1. The number of primary amides is 1. The molecule has 0 radical (unpaired) electrons. The molecule has 0 aliphatic rings. The fraction of sp³-hybridized carbons (Fsp3) is 0.312. The Morgan fingerprint density at radius 1 is 1.22 bits per heavy atom. The monoisotopic (exact) mass is 325 g/mol. The summed E-state index contributed by atoms with van der Waals surface area (Å²) in [5, 5.41) is 0. The lowest BCUT2D eigenvalue weighted by molar-refractivity contribution is -0.137. The van der Waals surface area contributed by atoms with Crippen molar-refractivity contribution in [1.82, 2.24) is 4.57 Å². The standard InChI is InChI=1S/C16H18F3N3O/c1-9-7-13(14(20)8-15(21)23)10(2)22(9)12-5-3-11(4-6-12)16(17,18)19/h3-7,14H,8,20H2,1-2H3,(H2,21,23). The van der Waals surface area contributed by atoms with Gasteiger partial charge in [-0.2, -0.15) is 13.2 Å². The molecular weight excluding hydrogens is 307 g/mol. The summed E-state index contributed by atoms with van der Waals surface area (Å²) in [4.78, 5) is 11.0. The number of carbonyl (C=O) groups excluding carboxylic acids is 1. The Morgan fingerprint density at radius 2 is 1.78 bits per heavy atom. The minimum Gasteiger partial charge on any atom is -0.370 e. The van der Waals surface area contributed by atoms with E-state index in [1.165, 1.54) is 12.1 Å². The summed E-state index contributed by atoms with van der Waals surface area (Å²) in [5.41, 5.74) is 13.4. The lowest BCUT2D eigenvalue weighted by Crippen LogP contribution is -2.21. The van der Waals surface area contributed by atoms with Gasteiger partial charge >= 0.3 is 6.18 Å². The summed E-state index contributed by atoms with van der Waals surface area (Å²) in [6, 6.07) is 6.18. The van der Waals surface area contributed by atoms with Gasteiger partial charge in [-0.15, -0.1) is 0 Å². The van der Waals surface area contributed by atoms with Crippen LogP contribution in [0.25, 0.3) is 5.69 Å². The SMILES string of the molecule is Cc1cc(C(N)CC(N)=O)c(C)n1-c1ccc(C(F)(F)F)cc1. The Labute approximate surface area is 131 Å². The first kappa shape index (κ1) is 17.1. The molecule has 124 valence electrons. The topological polar surface area (TPSA) is 74.0 Å². The van der Waals surface area contributed by atoms with Crippen molar-refractivity contribution in [3.8, 4) is 5.69 Å². The predicted octanol–water partition coefficient (Wildman–Crippen LogP) is 2.99. The molecule has 2 rings (SSSR count). The first-order valence-corrected chi connectivity index (χ1v) is 7.01. The molecule has 7 heteroatoms. The number of aromatic nitrogens is 1. The second kappa shape index (κ2) is 6.08. The van der Waals surface area contributed by atoms with Crippen molar-refractivity contribution in [3.05, 3.63) is 52.8 Å². The zero-order chi connectivity index (χ0) is 17.4. The molecule has 4 nitrogen and oxygen atoms in total. The van der Waals surface area contributed by atoms with Crippen LogP contribution in [0, 0.1) is 13.8 Å². The smallest absolute Gasteiger partial charge is 0.370 e. The highest BCUT2D eigenvalue weighted by Gasteiger charge is 2.30. The molecule has 0 fully saturated rings. The van der Waals surface area contributed by atoms with Crippen LogP contribution in [0.5, 0.6) is 0 Å². The third-order valence-corrected chi connectivity index (χ3v) is 3.74. The van der Waals surface area contributed by atoms with Crippen molar-refractivity contribution in [2.75, 3.05) is 0 Å². The minimum atomic E-state index is -4.37. The van der Waals surface area contributed by atoms with Crippen LogP contribution in [0.1, 0.15) is 35.0 Å². The van der Waals surface area contributed by atoms with Crippen LogP contribution in [0.2, 0.25) is 0 Å². The third kappa shape index (κ3) is 3.56. The van der Waals surface area contributed by atoms with E-state index < -0.39 is 23.7 Å². The van der Waals surface area contributed by atoms with Crippen molar-refractivity contribution in [2.45, 2.75) is 32.5 Å². The van der Waals surface area contributed by atoms with E-state index in [9.17, 15) is 18.0 Å². The molecule has 1 aromatic carbocycles. The summed E-state index contributed by atoms with van der Waals surface area (Å²) in [6.07, 6.45) is -4.36. The Hall–Kier alpha value is -2.28. The maximum absolute atomic E-state index is 12.6. The van der Waals surface area contributed by atoms with E-state index in [1.54, 1.807) is 11.5 Å². The molecule has 0 saturated heterocycles. The van der Waals surface area contributed by atoms with Gasteiger partial charge in [-0.3, -0.25) is 4.79 Å². The van der Waals surface area contributed by atoms with Gasteiger partial charge in [-0.05, 0) is 49.7 Å². The summed E-state index contributed by atoms with van der Waals surface area (Å²) >= 11 is 0. The summed E-state index contributed by atoms with van der Waals surface area (Å²) in [5.74, 6) is -0.503. The van der Waals surface area contributed by atoms with E-state index in [0.29, 0.717) is 5.69 Å². The molecule has 1 heterocycles. The van der Waals surface area contributed by atoms with Gasteiger partial charge < -0.3 is 16.0 Å². The molecule has 1 aromatic heterocycles. The van der Waals surface area contributed by atoms with Gasteiger partial charge in [-0.25, -0.2) is 0 Å². The van der Waals surface area contributed by atoms with Crippen LogP contribution in [0.15, 0.2) is 30.3 Å². The molecule has 0 aliphatic heterocycles. The maximum Gasteiger partial charge on any atom is 0.416 e. The number of hydrogen-bond acceptors (Lipinski definition) is 2. The van der Waals surface area contributed by atoms with Crippen LogP contribution in [0.3, 0.4) is 0 Å². The van der Waals surface area contributed by atoms with Crippen LogP contribution in [-0.2, 0) is 11.0 Å². The number of nitrogens with two attached hydrogens (primary N) is 2. The van der Waals surface area contributed by atoms with Crippen LogP contribution in [-0.4, -0.2) is 10.5 Å². The molecule has 1 unspecified atom stereocenters. The largest absolute Gasteiger partial charge is 0.416 e. The molecule has 2 aromatic rings. The summed E-state index contributed by atoms with van der Waals surface area (Å²) in [7, 11) is 0. The average Bonchev–Trinajstić information content (AvgIpc) is 2.72. The molecule has 0 bridgehead atoms. The number of alkyl halides is 3. The molecule has 1 amide bonds. The molecule has 23 heavy (non-hydrogen) atoms. The number of halogens is 3. The van der Waals surface area contributed by atoms with Crippen molar-refractivity contribution in [3.63, 3.8) is 0 Å². The highest BCUT2D eigenvalue weighted by molar-refractivity contribution is 5.74. The second-order valence-electron chi connectivity index (χ2n) is 5.48. The molecular formula is C16H18F3N3O. The number of benzene rings is 1. The first-order chi connectivity index (χ1) is 10.6. The zero-order valence-electron chi connectivity index (χ0n) is 12.8. The van der Waals surface area contributed by atoms with Crippen molar-refractivity contribution < 1.29 is 18.0 Å². The number of hydrogen-bond donors (Lipinski definition) is 2. The molecule has 4 N–H and O–H groups in total. The van der Waals surface area contributed by atoms with E-state index in [2.05, 4.69) is 0 Å². The Balaban J connectivity index is 2.41. The molecule has 0 spiro atoms. The van der Waals surface area contributed by atoms with Crippen LogP contribution >= 0.6 is 0 Å². The number of carbonyl (C=O) groups is 1. The van der Waals surface area contributed by atoms with Gasteiger partial charge in [0.15, 0.2) is 0 Å². The number of aryl methyl sites for hydroxylation is 1. The van der Waals surface area contributed by atoms with E-state index in [4.69, 9.17) is 11.5 Å². The lowest BCUT2D eigenvalue weighted by Gasteiger charge is -2.14. The van der Waals surface area contributed by atoms with Gasteiger partial charge in [0.1, 0.15) is 0 Å².